The smallest absolute Gasteiger partial charge is 0.326 e. The van der Waals surface area contributed by atoms with Gasteiger partial charge in [0.1, 0.15) is 24.2 Å². The van der Waals surface area contributed by atoms with Crippen molar-refractivity contribution in [3.63, 3.8) is 0 Å². The first-order valence-corrected chi connectivity index (χ1v) is 16.4. The number of nitrogens with zero attached hydrogens (tertiary/aromatic N) is 1. The quantitative estimate of drug-likeness (QED) is 0.0265. The monoisotopic (exact) mass is 699 g/mol. The zero-order valence-electron chi connectivity index (χ0n) is 29.2. The van der Waals surface area contributed by atoms with Crippen LogP contribution in [0.3, 0.4) is 0 Å². The molecule has 0 saturated carbocycles. The van der Waals surface area contributed by atoms with Gasteiger partial charge in [0, 0.05) is 6.54 Å². The van der Waals surface area contributed by atoms with E-state index in [2.05, 4.69) is 36.9 Å². The lowest BCUT2D eigenvalue weighted by atomic mass is 10.0. The van der Waals surface area contributed by atoms with E-state index in [0.29, 0.717) is 25.8 Å². The SMILES string of the molecule is CC(C)C[C@H](NC(=O)CNC(=O)[C@@H](NC(=O)[C@@H](N)CCCCN)C(C)C)C(=O)NCC(=O)N[C@@H](C)C(=O)N[C@@H](CCCN=C(N)N)C(=O)O. The second-order valence-corrected chi connectivity index (χ2v) is 12.4. The van der Waals surface area contributed by atoms with E-state index < -0.39 is 84.7 Å². The zero-order valence-corrected chi connectivity index (χ0v) is 29.2. The van der Waals surface area contributed by atoms with E-state index in [1.54, 1.807) is 13.8 Å². The summed E-state index contributed by atoms with van der Waals surface area (Å²) in [5.41, 5.74) is 21.9. The number of hydrogen-bond acceptors (Lipinski definition) is 10. The zero-order chi connectivity index (χ0) is 37.7. The van der Waals surface area contributed by atoms with Gasteiger partial charge in [-0.15, -0.1) is 0 Å². The number of carboxylic acid groups (broad SMARTS) is 1. The Hall–Kier alpha value is -4.52. The standard InChI is InChI=1S/C30H57N11O8/c1-16(2)13-21(39-23(43)15-37-28(47)24(17(3)4)41-26(45)19(32)9-6-7-11-31)27(46)36-14-22(42)38-18(5)25(44)40-20(29(48)49)10-8-12-35-30(33)34/h16-21,24H,6-15,31-32H2,1-5H3,(H,36,46)(H,37,47)(H,38,42)(H,39,43)(H,40,44)(H,41,45)(H,48,49)(H4,33,34,35)/t18-,19-,20-,21-,24-/m0/s1. The molecular formula is C30H57N11O8. The van der Waals surface area contributed by atoms with E-state index >= 15 is 0 Å². The number of amides is 6. The minimum atomic E-state index is -1.28. The molecule has 0 unspecified atom stereocenters. The van der Waals surface area contributed by atoms with E-state index in [1.807, 2.05) is 13.8 Å². The van der Waals surface area contributed by atoms with E-state index in [1.165, 1.54) is 6.92 Å². The number of unbranched alkanes of at least 4 members (excludes halogenated alkanes) is 1. The Balaban J connectivity index is 5.03. The molecule has 6 amide bonds. The van der Waals surface area contributed by atoms with E-state index in [9.17, 15) is 38.7 Å². The van der Waals surface area contributed by atoms with Crippen molar-refractivity contribution < 1.29 is 38.7 Å². The molecule has 0 spiro atoms. The minimum absolute atomic E-state index is 0.0422. The molecule has 0 aromatic heterocycles. The lowest BCUT2D eigenvalue weighted by molar-refractivity contribution is -0.142. The number of carboxylic acids is 1. The number of carbonyl (C=O) groups is 7. The molecular weight excluding hydrogens is 642 g/mol. The molecule has 0 heterocycles. The van der Waals surface area contributed by atoms with Crippen molar-refractivity contribution in [3.8, 4) is 0 Å². The van der Waals surface area contributed by atoms with Crippen LogP contribution in [0.2, 0.25) is 0 Å². The number of carbonyl (C=O) groups excluding carboxylic acids is 6. The number of aliphatic imine (C=N–C) groups is 1. The Kier molecular flexibility index (Phi) is 21.6. The summed E-state index contributed by atoms with van der Waals surface area (Å²) in [7, 11) is 0. The average molecular weight is 700 g/mol. The Bertz CT molecular complexity index is 1140. The van der Waals surface area contributed by atoms with Gasteiger partial charge in [0.2, 0.25) is 35.4 Å². The topological polar surface area (TPSA) is 328 Å². The minimum Gasteiger partial charge on any atom is -0.480 e. The van der Waals surface area contributed by atoms with E-state index in [4.69, 9.17) is 22.9 Å². The van der Waals surface area contributed by atoms with E-state index in [-0.39, 0.29) is 43.6 Å². The van der Waals surface area contributed by atoms with Crippen LogP contribution < -0.4 is 54.8 Å². The van der Waals surface area contributed by atoms with Gasteiger partial charge in [-0.2, -0.15) is 0 Å². The number of guanidine groups is 1. The van der Waals surface area contributed by atoms with Crippen LogP contribution in [0.15, 0.2) is 4.99 Å². The molecule has 0 fully saturated rings. The van der Waals surface area contributed by atoms with Gasteiger partial charge in [0.25, 0.3) is 0 Å². The van der Waals surface area contributed by atoms with Gasteiger partial charge in [-0.25, -0.2) is 4.79 Å². The highest BCUT2D eigenvalue weighted by Gasteiger charge is 2.28. The third kappa shape index (κ3) is 19.8. The first kappa shape index (κ1) is 44.5. The van der Waals surface area contributed by atoms with Crippen LogP contribution in [0.4, 0.5) is 0 Å². The molecule has 5 atom stereocenters. The number of nitrogens with two attached hydrogens (primary N) is 4. The fourth-order valence-corrected chi connectivity index (χ4v) is 4.37. The van der Waals surface area contributed by atoms with Gasteiger partial charge in [0.05, 0.1) is 19.1 Å². The van der Waals surface area contributed by atoms with Gasteiger partial charge in [-0.1, -0.05) is 34.1 Å². The highest BCUT2D eigenvalue weighted by atomic mass is 16.4. The lowest BCUT2D eigenvalue weighted by Crippen LogP contribution is -2.56. The molecule has 15 N–H and O–H groups in total. The van der Waals surface area contributed by atoms with Gasteiger partial charge >= 0.3 is 5.97 Å². The van der Waals surface area contributed by atoms with Crippen molar-refractivity contribution in [1.29, 1.82) is 0 Å². The molecule has 0 saturated heterocycles. The Morgan fingerprint density at radius 1 is 0.694 bits per heavy atom. The third-order valence-electron chi connectivity index (χ3n) is 7.09. The summed E-state index contributed by atoms with van der Waals surface area (Å²) < 4.78 is 0. The third-order valence-corrected chi connectivity index (χ3v) is 7.09. The molecule has 19 heteroatoms. The number of hydrogen-bond donors (Lipinski definition) is 11. The first-order chi connectivity index (χ1) is 22.9. The molecule has 0 aromatic rings. The van der Waals surface area contributed by atoms with Crippen molar-refractivity contribution in [2.45, 2.75) is 103 Å². The van der Waals surface area contributed by atoms with Crippen LogP contribution in [-0.4, -0.2) is 109 Å². The van der Waals surface area contributed by atoms with Crippen LogP contribution in [0.5, 0.6) is 0 Å². The van der Waals surface area contributed by atoms with Gasteiger partial charge in [0.15, 0.2) is 5.96 Å². The first-order valence-electron chi connectivity index (χ1n) is 16.4. The summed E-state index contributed by atoms with van der Waals surface area (Å²) in [5, 5.41) is 24.2. The Morgan fingerprint density at radius 3 is 1.82 bits per heavy atom. The number of nitrogens with one attached hydrogen (secondary N) is 6. The van der Waals surface area contributed by atoms with Crippen molar-refractivity contribution in [3.05, 3.63) is 0 Å². The molecule has 0 aliphatic heterocycles. The second-order valence-electron chi connectivity index (χ2n) is 12.4. The largest absolute Gasteiger partial charge is 0.480 e. The van der Waals surface area contributed by atoms with Gasteiger partial charge in [-0.05, 0) is 57.4 Å². The summed E-state index contributed by atoms with van der Waals surface area (Å²) >= 11 is 0. The second kappa shape index (κ2) is 23.7. The normalized spacial score (nSPS) is 14.0. The molecule has 0 bridgehead atoms. The predicted octanol–water partition coefficient (Wildman–Crippen LogP) is -3.53. The fourth-order valence-electron chi connectivity index (χ4n) is 4.37. The van der Waals surface area contributed by atoms with Crippen LogP contribution >= 0.6 is 0 Å². The Morgan fingerprint density at radius 2 is 1.29 bits per heavy atom. The van der Waals surface area contributed by atoms with Crippen molar-refractivity contribution in [2.75, 3.05) is 26.2 Å². The van der Waals surface area contributed by atoms with Crippen LogP contribution in [0.1, 0.15) is 73.1 Å². The molecule has 0 aliphatic carbocycles. The fraction of sp³-hybridized carbons (Fsp3) is 0.733. The Labute approximate surface area is 287 Å². The molecule has 19 nitrogen and oxygen atoms in total. The molecule has 280 valence electrons. The van der Waals surface area contributed by atoms with Gasteiger partial charge < -0.3 is 59.9 Å². The summed E-state index contributed by atoms with van der Waals surface area (Å²) in [6, 6.07) is -5.20. The molecule has 0 radical (unpaired) electrons. The van der Waals surface area contributed by atoms with Crippen LogP contribution in [0, 0.1) is 11.8 Å². The summed E-state index contributed by atoms with van der Waals surface area (Å²) in [5.74, 6) is -5.73. The van der Waals surface area contributed by atoms with E-state index in [0.717, 1.165) is 0 Å². The molecule has 49 heavy (non-hydrogen) atoms. The summed E-state index contributed by atoms with van der Waals surface area (Å²) in [6.07, 6.45) is 2.32. The maximum absolute atomic E-state index is 12.9. The van der Waals surface area contributed by atoms with Gasteiger partial charge in [-0.3, -0.25) is 33.8 Å². The maximum atomic E-state index is 12.9. The molecule has 0 aromatic carbocycles. The maximum Gasteiger partial charge on any atom is 0.326 e. The molecule has 0 aliphatic rings. The predicted molar refractivity (Wildman–Crippen MR) is 182 cm³/mol. The molecule has 0 rings (SSSR count). The lowest BCUT2D eigenvalue weighted by Gasteiger charge is -2.24. The number of aliphatic carboxylic acids is 1. The van der Waals surface area contributed by atoms with Crippen LogP contribution in [0.25, 0.3) is 0 Å². The summed E-state index contributed by atoms with van der Waals surface area (Å²) in [6.45, 7) is 8.06. The highest BCUT2D eigenvalue weighted by molar-refractivity contribution is 5.95. The number of rotatable bonds is 24. The van der Waals surface area contributed by atoms with Crippen molar-refractivity contribution in [2.24, 2.45) is 39.8 Å². The van der Waals surface area contributed by atoms with Crippen LogP contribution in [-0.2, 0) is 33.6 Å². The average Bonchev–Trinajstić information content (AvgIpc) is 3.01. The van der Waals surface area contributed by atoms with Crippen molar-refractivity contribution >= 4 is 47.4 Å². The highest BCUT2D eigenvalue weighted by Crippen LogP contribution is 2.07. The van der Waals surface area contributed by atoms with Crippen molar-refractivity contribution in [1.82, 2.24) is 31.9 Å². The summed E-state index contributed by atoms with van der Waals surface area (Å²) in [4.78, 5) is 91.2.